The van der Waals surface area contributed by atoms with Crippen LogP contribution in [0.3, 0.4) is 0 Å². The first-order valence-corrected chi connectivity index (χ1v) is 12.5. The van der Waals surface area contributed by atoms with Gasteiger partial charge in [0.25, 0.3) is 0 Å². The van der Waals surface area contributed by atoms with E-state index in [9.17, 15) is 9.18 Å². The van der Waals surface area contributed by atoms with Crippen molar-refractivity contribution in [3.63, 3.8) is 0 Å². The number of rotatable bonds is 6. The van der Waals surface area contributed by atoms with Crippen molar-refractivity contribution < 1.29 is 8.81 Å². The molecule has 0 aliphatic carbocycles. The van der Waals surface area contributed by atoms with Crippen LogP contribution >= 0.6 is 11.8 Å². The number of nitrogens with zero attached hydrogens (tertiary/aromatic N) is 3. The second kappa shape index (κ2) is 9.43. The van der Waals surface area contributed by atoms with Gasteiger partial charge >= 0.3 is 5.63 Å². The second-order valence-corrected chi connectivity index (χ2v) is 9.34. The van der Waals surface area contributed by atoms with Gasteiger partial charge in [-0.3, -0.25) is 4.57 Å². The summed E-state index contributed by atoms with van der Waals surface area (Å²) >= 11 is 1.46. The Balaban J connectivity index is 1.43. The molecule has 0 aliphatic heterocycles. The van der Waals surface area contributed by atoms with E-state index in [0.717, 1.165) is 27.3 Å². The lowest BCUT2D eigenvalue weighted by Crippen LogP contribution is -2.05. The van der Waals surface area contributed by atoms with Gasteiger partial charge in [-0.1, -0.05) is 84.6 Å². The smallest absolute Gasteiger partial charge is 0.336 e. The van der Waals surface area contributed by atoms with Crippen molar-refractivity contribution in [3.8, 4) is 11.4 Å². The number of halogens is 1. The minimum Gasteiger partial charge on any atom is -0.423 e. The predicted octanol–water partition coefficient (Wildman–Crippen LogP) is 6.68. The minimum absolute atomic E-state index is 0.353. The predicted molar refractivity (Wildman–Crippen MR) is 141 cm³/mol. The summed E-state index contributed by atoms with van der Waals surface area (Å²) in [5.41, 5.74) is 2.45. The zero-order valence-electron chi connectivity index (χ0n) is 19.1. The molecule has 0 atom stereocenters. The highest BCUT2D eigenvalue weighted by atomic mass is 32.2. The van der Waals surface area contributed by atoms with Crippen LogP contribution in [0.4, 0.5) is 4.39 Å². The molecule has 0 spiro atoms. The fourth-order valence-electron chi connectivity index (χ4n) is 4.42. The first-order valence-electron chi connectivity index (χ1n) is 11.5. The molecule has 0 unspecified atom stereocenters. The van der Waals surface area contributed by atoms with Gasteiger partial charge < -0.3 is 4.42 Å². The zero-order valence-corrected chi connectivity index (χ0v) is 19.9. The van der Waals surface area contributed by atoms with Crippen LogP contribution in [0.15, 0.2) is 111 Å². The highest BCUT2D eigenvalue weighted by molar-refractivity contribution is 7.98. The molecule has 0 fully saturated rings. The van der Waals surface area contributed by atoms with Crippen LogP contribution in [-0.4, -0.2) is 14.8 Å². The van der Waals surface area contributed by atoms with E-state index in [1.807, 2.05) is 71.3 Å². The standard InChI is InChI=1S/C29H20FN3O2S/c30-24-13-7-6-12-23(24)28-31-32-29(33(28)17-19-8-2-1-3-9-19)36-18-21-16-26(34)35-25-15-14-20-10-4-5-11-22(20)27(21)25/h1-16H,17-18H2. The molecule has 36 heavy (non-hydrogen) atoms. The molecule has 4 aromatic carbocycles. The largest absolute Gasteiger partial charge is 0.423 e. The summed E-state index contributed by atoms with van der Waals surface area (Å²) in [5, 5.41) is 12.4. The number of hydrogen-bond acceptors (Lipinski definition) is 5. The molecule has 176 valence electrons. The number of thioether (sulfide) groups is 1. The van der Waals surface area contributed by atoms with Crippen LogP contribution in [0.2, 0.25) is 0 Å². The molecule has 0 saturated heterocycles. The lowest BCUT2D eigenvalue weighted by atomic mass is 10.0. The third-order valence-electron chi connectivity index (χ3n) is 6.09. The van der Waals surface area contributed by atoms with Crippen LogP contribution < -0.4 is 5.63 Å². The Morgan fingerprint density at radius 3 is 2.50 bits per heavy atom. The van der Waals surface area contributed by atoms with E-state index in [-0.39, 0.29) is 5.82 Å². The molecule has 6 rings (SSSR count). The van der Waals surface area contributed by atoms with Crippen molar-refractivity contribution in [3.05, 3.63) is 124 Å². The summed E-state index contributed by atoms with van der Waals surface area (Å²) in [6, 6.07) is 29.8. The highest BCUT2D eigenvalue weighted by Gasteiger charge is 2.19. The van der Waals surface area contributed by atoms with Gasteiger partial charge in [-0.2, -0.15) is 0 Å². The van der Waals surface area contributed by atoms with E-state index in [1.54, 1.807) is 18.2 Å². The highest BCUT2D eigenvalue weighted by Crippen LogP contribution is 2.33. The molecule has 0 amide bonds. The molecule has 0 aliphatic rings. The average Bonchev–Trinajstić information content (AvgIpc) is 3.29. The number of aromatic nitrogens is 3. The first-order chi connectivity index (χ1) is 17.7. The Kier molecular flexibility index (Phi) is 5.83. The molecular weight excluding hydrogens is 473 g/mol. The van der Waals surface area contributed by atoms with E-state index >= 15 is 0 Å². The summed E-state index contributed by atoms with van der Waals surface area (Å²) in [7, 11) is 0. The normalized spacial score (nSPS) is 11.4. The second-order valence-electron chi connectivity index (χ2n) is 8.40. The average molecular weight is 494 g/mol. The molecule has 2 aromatic heterocycles. The Hall–Kier alpha value is -4.23. The van der Waals surface area contributed by atoms with Crippen molar-refractivity contribution in [2.24, 2.45) is 0 Å². The van der Waals surface area contributed by atoms with Gasteiger partial charge in [-0.15, -0.1) is 10.2 Å². The lowest BCUT2D eigenvalue weighted by Gasteiger charge is -2.12. The molecule has 0 N–H and O–H groups in total. The summed E-state index contributed by atoms with van der Waals surface area (Å²) in [4.78, 5) is 12.3. The van der Waals surface area contributed by atoms with E-state index < -0.39 is 5.63 Å². The van der Waals surface area contributed by atoms with E-state index in [2.05, 4.69) is 10.2 Å². The van der Waals surface area contributed by atoms with Gasteiger partial charge in [0.05, 0.1) is 12.1 Å². The van der Waals surface area contributed by atoms with Gasteiger partial charge in [-0.05, 0) is 40.1 Å². The summed E-state index contributed by atoms with van der Waals surface area (Å²) in [6.07, 6.45) is 0. The van der Waals surface area contributed by atoms with Crippen LogP contribution in [0.5, 0.6) is 0 Å². The number of fused-ring (bicyclic) bond motifs is 3. The fraction of sp³-hybridized carbons (Fsp3) is 0.0690. The van der Waals surface area contributed by atoms with Crippen molar-refractivity contribution in [2.75, 3.05) is 0 Å². The molecule has 0 saturated carbocycles. The Labute approximate surface area is 210 Å². The molecule has 7 heteroatoms. The van der Waals surface area contributed by atoms with Crippen molar-refractivity contribution in [1.82, 2.24) is 14.8 Å². The lowest BCUT2D eigenvalue weighted by molar-refractivity contribution is 0.560. The molecule has 0 bridgehead atoms. The molecule has 6 aromatic rings. The van der Waals surface area contributed by atoms with Crippen molar-refractivity contribution in [1.29, 1.82) is 0 Å². The van der Waals surface area contributed by atoms with Crippen LogP contribution in [0.1, 0.15) is 11.1 Å². The number of hydrogen-bond donors (Lipinski definition) is 0. The fourth-order valence-corrected chi connectivity index (χ4v) is 5.34. The topological polar surface area (TPSA) is 60.9 Å². The van der Waals surface area contributed by atoms with E-state index in [4.69, 9.17) is 4.42 Å². The van der Waals surface area contributed by atoms with Gasteiger partial charge in [0, 0.05) is 17.2 Å². The quantitative estimate of drug-likeness (QED) is 0.147. The maximum atomic E-state index is 14.7. The van der Waals surface area contributed by atoms with Gasteiger partial charge in [0.1, 0.15) is 11.4 Å². The van der Waals surface area contributed by atoms with Gasteiger partial charge in [-0.25, -0.2) is 9.18 Å². The summed E-state index contributed by atoms with van der Waals surface area (Å²) in [6.45, 7) is 0.487. The summed E-state index contributed by atoms with van der Waals surface area (Å²) in [5.74, 6) is 0.580. The van der Waals surface area contributed by atoms with Crippen LogP contribution in [0.25, 0.3) is 33.1 Å². The van der Waals surface area contributed by atoms with Crippen molar-refractivity contribution >= 4 is 33.5 Å². The minimum atomic E-state index is -0.397. The van der Waals surface area contributed by atoms with Crippen LogP contribution in [-0.2, 0) is 12.3 Å². The molecule has 0 radical (unpaired) electrons. The van der Waals surface area contributed by atoms with Gasteiger partial charge in [0.2, 0.25) is 0 Å². The monoisotopic (exact) mass is 493 g/mol. The molecular formula is C29H20FN3O2S. The Morgan fingerprint density at radius 2 is 1.64 bits per heavy atom. The zero-order chi connectivity index (χ0) is 24.5. The van der Waals surface area contributed by atoms with Gasteiger partial charge in [0.15, 0.2) is 11.0 Å². The third kappa shape index (κ3) is 4.18. The Bertz CT molecular complexity index is 1760. The maximum absolute atomic E-state index is 14.7. The first kappa shape index (κ1) is 22.2. The Morgan fingerprint density at radius 1 is 0.861 bits per heavy atom. The van der Waals surface area contributed by atoms with Crippen molar-refractivity contribution in [2.45, 2.75) is 17.5 Å². The molecule has 5 nitrogen and oxygen atoms in total. The van der Waals surface area contributed by atoms with E-state index in [1.165, 1.54) is 23.9 Å². The number of benzene rings is 4. The van der Waals surface area contributed by atoms with E-state index in [0.29, 0.717) is 34.4 Å². The maximum Gasteiger partial charge on any atom is 0.336 e. The third-order valence-corrected chi connectivity index (χ3v) is 7.10. The van der Waals surface area contributed by atoms with Crippen LogP contribution in [0, 0.1) is 5.82 Å². The molecule has 2 heterocycles. The SMILES string of the molecule is O=c1cc(CSc2nnc(-c3ccccc3F)n2Cc2ccccc2)c2c(ccc3ccccc32)o1. The summed E-state index contributed by atoms with van der Waals surface area (Å²) < 4.78 is 22.1.